The molecule has 2 atom stereocenters. The number of aliphatic hydroxyl groups excluding tert-OH is 1. The lowest BCUT2D eigenvalue weighted by Crippen LogP contribution is -2.26. The Bertz CT molecular complexity index is 1950. The number of aliphatic hydroxyl groups is 1. The van der Waals surface area contributed by atoms with Gasteiger partial charge >= 0.3 is 0 Å². The van der Waals surface area contributed by atoms with Gasteiger partial charge < -0.3 is 5.11 Å². The molecule has 0 spiro atoms. The Kier molecular flexibility index (Phi) is 18.7. The zero-order chi connectivity index (χ0) is 45.1. The second-order valence-corrected chi connectivity index (χ2v) is 20.7. The molecule has 2 unspecified atom stereocenters. The fourth-order valence-electron chi connectivity index (χ4n) is 9.40. The Morgan fingerprint density at radius 2 is 0.767 bits per heavy atom. The van der Waals surface area contributed by atoms with Gasteiger partial charge in [0, 0.05) is 17.4 Å². The second-order valence-electron chi connectivity index (χ2n) is 20.7. The van der Waals surface area contributed by atoms with E-state index in [0.717, 1.165) is 50.9 Å². The summed E-state index contributed by atoms with van der Waals surface area (Å²) in [5.41, 5.74) is 17.8. The van der Waals surface area contributed by atoms with Crippen molar-refractivity contribution < 1.29 is 5.11 Å². The van der Waals surface area contributed by atoms with Crippen LogP contribution in [0.1, 0.15) is 188 Å². The quantitative estimate of drug-likeness (QED) is 0.0993. The van der Waals surface area contributed by atoms with Crippen LogP contribution < -0.4 is 0 Å². The van der Waals surface area contributed by atoms with Crippen LogP contribution in [0.5, 0.6) is 0 Å². The van der Waals surface area contributed by atoms with Gasteiger partial charge in [-0.1, -0.05) is 162 Å². The molecule has 0 heterocycles. The van der Waals surface area contributed by atoms with Gasteiger partial charge in [0.1, 0.15) is 0 Å². The minimum Gasteiger partial charge on any atom is -0.396 e. The van der Waals surface area contributed by atoms with Crippen molar-refractivity contribution in [3.63, 3.8) is 0 Å². The SMILES string of the molecule is C=CCc1ccc(C(CC)(CC)c2ccc(CCC(C)C(C)(C)C)c(C)c2)cc1C.CCC(CC)(c1ccc(CCO)c(C)c1)c1ccc(CCC(C)C(C)(C)C)c(C)c1. The number of rotatable bonds is 18. The summed E-state index contributed by atoms with van der Waals surface area (Å²) in [5.74, 6) is 1.43. The predicted molar refractivity (Wildman–Crippen MR) is 266 cm³/mol. The molecular formula is C59H88O. The number of hydrogen-bond donors (Lipinski definition) is 1. The number of allylic oxidation sites excluding steroid dienone is 1. The van der Waals surface area contributed by atoms with Crippen LogP contribution in [-0.2, 0) is 36.5 Å². The van der Waals surface area contributed by atoms with Gasteiger partial charge in [-0.25, -0.2) is 0 Å². The zero-order valence-corrected chi connectivity index (χ0v) is 41.6. The van der Waals surface area contributed by atoms with E-state index in [1.807, 2.05) is 6.08 Å². The van der Waals surface area contributed by atoms with Crippen molar-refractivity contribution in [1.29, 1.82) is 0 Å². The van der Waals surface area contributed by atoms with Crippen molar-refractivity contribution in [3.05, 3.63) is 152 Å². The third-order valence-electron chi connectivity index (χ3n) is 15.4. The van der Waals surface area contributed by atoms with Crippen LogP contribution >= 0.6 is 0 Å². The van der Waals surface area contributed by atoms with E-state index in [-0.39, 0.29) is 17.4 Å². The molecule has 1 N–H and O–H groups in total. The lowest BCUT2D eigenvalue weighted by atomic mass is 9.69. The van der Waals surface area contributed by atoms with E-state index in [2.05, 4.69) is 190 Å². The summed E-state index contributed by atoms with van der Waals surface area (Å²) in [5, 5.41) is 9.32. The summed E-state index contributed by atoms with van der Waals surface area (Å²) < 4.78 is 0. The van der Waals surface area contributed by atoms with E-state index in [9.17, 15) is 5.11 Å². The maximum absolute atomic E-state index is 9.32. The average Bonchev–Trinajstić information content (AvgIpc) is 3.20. The van der Waals surface area contributed by atoms with Crippen LogP contribution in [0, 0.1) is 50.4 Å². The van der Waals surface area contributed by atoms with Gasteiger partial charge in [-0.3, -0.25) is 0 Å². The molecule has 60 heavy (non-hydrogen) atoms. The van der Waals surface area contributed by atoms with Gasteiger partial charge in [0.25, 0.3) is 0 Å². The van der Waals surface area contributed by atoms with Gasteiger partial charge in [0.2, 0.25) is 0 Å². The highest BCUT2D eigenvalue weighted by Crippen LogP contribution is 2.42. The van der Waals surface area contributed by atoms with Gasteiger partial charge in [-0.15, -0.1) is 6.58 Å². The van der Waals surface area contributed by atoms with Gasteiger partial charge in [-0.2, -0.15) is 0 Å². The number of aryl methyl sites for hydroxylation is 6. The molecule has 4 rings (SSSR count). The molecule has 0 saturated heterocycles. The van der Waals surface area contributed by atoms with Crippen LogP contribution in [0.2, 0.25) is 0 Å². The third kappa shape index (κ3) is 12.4. The van der Waals surface area contributed by atoms with Crippen molar-refractivity contribution in [2.45, 2.75) is 186 Å². The zero-order valence-electron chi connectivity index (χ0n) is 41.6. The van der Waals surface area contributed by atoms with Crippen LogP contribution in [-0.4, -0.2) is 11.7 Å². The largest absolute Gasteiger partial charge is 0.396 e. The third-order valence-corrected chi connectivity index (χ3v) is 15.4. The smallest absolute Gasteiger partial charge is 0.0471 e. The van der Waals surface area contributed by atoms with E-state index in [1.165, 1.54) is 86.0 Å². The molecule has 0 saturated carbocycles. The molecular weight excluding hydrogens is 725 g/mol. The van der Waals surface area contributed by atoms with Crippen LogP contribution in [0.25, 0.3) is 0 Å². The van der Waals surface area contributed by atoms with E-state index >= 15 is 0 Å². The fourth-order valence-corrected chi connectivity index (χ4v) is 9.40. The highest BCUT2D eigenvalue weighted by atomic mass is 16.2. The van der Waals surface area contributed by atoms with E-state index in [1.54, 1.807) is 0 Å². The summed E-state index contributed by atoms with van der Waals surface area (Å²) >= 11 is 0. The van der Waals surface area contributed by atoms with Gasteiger partial charge in [0.15, 0.2) is 0 Å². The van der Waals surface area contributed by atoms with Crippen LogP contribution in [0.3, 0.4) is 0 Å². The van der Waals surface area contributed by atoms with Gasteiger partial charge in [-0.05, 0) is 181 Å². The van der Waals surface area contributed by atoms with Gasteiger partial charge in [0.05, 0.1) is 0 Å². The highest BCUT2D eigenvalue weighted by molar-refractivity contribution is 5.47. The summed E-state index contributed by atoms with van der Waals surface area (Å²) in [6.07, 6.45) is 12.9. The highest BCUT2D eigenvalue weighted by Gasteiger charge is 2.33. The second kappa shape index (κ2) is 22.1. The number of hydrogen-bond acceptors (Lipinski definition) is 1. The Labute approximate surface area is 370 Å². The standard InChI is InChI=1S/C30H44.C29H44O/c1-10-13-25-16-18-27(20-22(25)4)30(11-2,12-3)28-19-17-26(23(5)21-28)15-14-24(6)29(7,8)9;1-9-29(10-2,27-16-14-25(17-18-30)22(4)20-27)26-15-13-24(21(3)19-26)12-11-23(5)28(6,7)8/h10,16-21,24H,1,11-15H2,2-9H3;13-16,19-20,23,30H,9-12,17-18H2,1-8H3. The molecule has 0 aliphatic carbocycles. The summed E-state index contributed by atoms with van der Waals surface area (Å²) in [7, 11) is 0. The molecule has 0 fully saturated rings. The Balaban J connectivity index is 0.000000320. The summed E-state index contributed by atoms with van der Waals surface area (Å²) in [6.45, 7) is 41.3. The van der Waals surface area contributed by atoms with E-state index in [4.69, 9.17) is 0 Å². The minimum atomic E-state index is 0.0461. The molecule has 0 radical (unpaired) electrons. The van der Waals surface area contributed by atoms with Crippen LogP contribution in [0.4, 0.5) is 0 Å². The Hall–Kier alpha value is -3.42. The first-order valence-electron chi connectivity index (χ1n) is 23.8. The average molecular weight is 813 g/mol. The van der Waals surface area contributed by atoms with Crippen molar-refractivity contribution in [2.24, 2.45) is 22.7 Å². The first-order chi connectivity index (χ1) is 28.2. The molecule has 0 amide bonds. The van der Waals surface area contributed by atoms with E-state index in [0.29, 0.717) is 16.7 Å². The monoisotopic (exact) mass is 813 g/mol. The minimum absolute atomic E-state index is 0.0461. The molecule has 330 valence electrons. The van der Waals surface area contributed by atoms with E-state index < -0.39 is 0 Å². The van der Waals surface area contributed by atoms with Crippen LogP contribution in [0.15, 0.2) is 85.5 Å². The lowest BCUT2D eigenvalue weighted by molar-refractivity contribution is 0.247. The lowest BCUT2D eigenvalue weighted by Gasteiger charge is -2.34. The molecule has 1 heteroatoms. The molecule has 0 aromatic heterocycles. The van der Waals surface area contributed by atoms with Crippen molar-refractivity contribution in [1.82, 2.24) is 0 Å². The maximum atomic E-state index is 9.32. The summed E-state index contributed by atoms with van der Waals surface area (Å²) in [4.78, 5) is 0. The summed E-state index contributed by atoms with van der Waals surface area (Å²) in [6, 6.07) is 28.4. The Morgan fingerprint density at radius 3 is 1.00 bits per heavy atom. The molecule has 1 nitrogen and oxygen atoms in total. The molecule has 4 aromatic carbocycles. The molecule has 0 aliphatic rings. The van der Waals surface area contributed by atoms with Crippen molar-refractivity contribution >= 4 is 0 Å². The normalized spacial score (nSPS) is 13.4. The first-order valence-corrected chi connectivity index (χ1v) is 23.8. The van der Waals surface area contributed by atoms with Crippen molar-refractivity contribution in [2.75, 3.05) is 6.61 Å². The first kappa shape index (κ1) is 50.9. The topological polar surface area (TPSA) is 20.2 Å². The maximum Gasteiger partial charge on any atom is 0.0471 e. The molecule has 0 aliphatic heterocycles. The Morgan fingerprint density at radius 1 is 0.483 bits per heavy atom. The van der Waals surface area contributed by atoms with Crippen molar-refractivity contribution in [3.8, 4) is 0 Å². The molecule has 0 bridgehead atoms. The fraction of sp³-hybridized carbons (Fsp3) is 0.559. The molecule has 4 aromatic rings. The number of benzene rings is 4. The predicted octanol–water partition coefficient (Wildman–Crippen LogP) is 16.3.